The highest BCUT2D eigenvalue weighted by atomic mass is 19.4. The maximum absolute atomic E-state index is 13.3. The minimum Gasteiger partial charge on any atom is -0.496 e. The second-order valence-electron chi connectivity index (χ2n) is 6.03. The van der Waals surface area contributed by atoms with Crippen LogP contribution in [0, 0.1) is 0 Å². The molecule has 0 spiro atoms. The van der Waals surface area contributed by atoms with E-state index in [9.17, 15) is 18.0 Å². The van der Waals surface area contributed by atoms with Crippen molar-refractivity contribution >= 4 is 5.91 Å². The van der Waals surface area contributed by atoms with Crippen LogP contribution in [0.1, 0.15) is 46.1 Å². The number of nitrogens with zero attached hydrogens (tertiary/aromatic N) is 2. The van der Waals surface area contributed by atoms with Crippen LogP contribution in [-0.2, 0) is 19.8 Å². The van der Waals surface area contributed by atoms with Crippen molar-refractivity contribution in [3.63, 3.8) is 0 Å². The normalized spacial score (nSPS) is 14.4. The third-order valence-electron chi connectivity index (χ3n) is 4.18. The zero-order chi connectivity index (χ0) is 18.2. The SMILES string of the molecule is COc1cccc(CNC(=O)c2cc(C3CC3)nn2C)c1C(F)(F)F. The average Bonchev–Trinajstić information content (AvgIpc) is 3.33. The fraction of sp³-hybridized carbons (Fsp3) is 0.412. The molecule has 134 valence electrons. The fourth-order valence-electron chi connectivity index (χ4n) is 2.76. The van der Waals surface area contributed by atoms with E-state index in [2.05, 4.69) is 10.4 Å². The largest absolute Gasteiger partial charge is 0.496 e. The molecule has 0 saturated heterocycles. The summed E-state index contributed by atoms with van der Waals surface area (Å²) < 4.78 is 46.2. The Kier molecular flexibility index (Phi) is 4.45. The summed E-state index contributed by atoms with van der Waals surface area (Å²) in [7, 11) is 2.83. The minimum atomic E-state index is -4.57. The Morgan fingerprint density at radius 3 is 2.72 bits per heavy atom. The highest BCUT2D eigenvalue weighted by Gasteiger charge is 2.37. The summed E-state index contributed by atoms with van der Waals surface area (Å²) in [6.07, 6.45) is -2.47. The number of ether oxygens (including phenoxy) is 1. The van der Waals surface area contributed by atoms with E-state index >= 15 is 0 Å². The molecular weight excluding hydrogens is 335 g/mol. The number of hydrogen-bond donors (Lipinski definition) is 1. The summed E-state index contributed by atoms with van der Waals surface area (Å²) in [5.41, 5.74) is 0.259. The lowest BCUT2D eigenvalue weighted by molar-refractivity contribution is -0.139. The van der Waals surface area contributed by atoms with Crippen molar-refractivity contribution in [2.45, 2.75) is 31.5 Å². The Morgan fingerprint density at radius 2 is 2.12 bits per heavy atom. The first kappa shape index (κ1) is 17.3. The molecule has 8 heteroatoms. The summed E-state index contributed by atoms with van der Waals surface area (Å²) in [6.45, 7) is -0.255. The molecule has 2 aromatic rings. The highest BCUT2D eigenvalue weighted by Crippen LogP contribution is 2.40. The Bertz CT molecular complexity index is 795. The van der Waals surface area contributed by atoms with Crippen LogP contribution in [0.15, 0.2) is 24.3 Å². The van der Waals surface area contributed by atoms with Gasteiger partial charge in [0.15, 0.2) is 0 Å². The number of aromatic nitrogens is 2. The van der Waals surface area contributed by atoms with Gasteiger partial charge in [0.1, 0.15) is 17.0 Å². The van der Waals surface area contributed by atoms with Crippen LogP contribution in [0.2, 0.25) is 0 Å². The van der Waals surface area contributed by atoms with Crippen molar-refractivity contribution in [2.24, 2.45) is 7.05 Å². The third kappa shape index (κ3) is 3.62. The Hall–Kier alpha value is -2.51. The number of aryl methyl sites for hydroxylation is 1. The quantitative estimate of drug-likeness (QED) is 0.898. The van der Waals surface area contributed by atoms with Gasteiger partial charge in [-0.05, 0) is 30.5 Å². The molecule has 1 aromatic heterocycles. The predicted molar refractivity (Wildman–Crippen MR) is 84.3 cm³/mol. The van der Waals surface area contributed by atoms with E-state index in [-0.39, 0.29) is 17.9 Å². The molecule has 0 atom stereocenters. The smallest absolute Gasteiger partial charge is 0.420 e. The van der Waals surface area contributed by atoms with E-state index in [0.29, 0.717) is 11.6 Å². The van der Waals surface area contributed by atoms with E-state index in [1.165, 1.54) is 30.0 Å². The lowest BCUT2D eigenvalue weighted by Crippen LogP contribution is -2.26. The van der Waals surface area contributed by atoms with Gasteiger partial charge >= 0.3 is 6.18 Å². The van der Waals surface area contributed by atoms with Gasteiger partial charge < -0.3 is 10.1 Å². The standard InChI is InChI=1S/C17H18F3N3O2/c1-23-13(8-12(22-23)10-6-7-10)16(24)21-9-11-4-3-5-14(25-2)15(11)17(18,19)20/h3-5,8,10H,6-7,9H2,1-2H3,(H,21,24). The number of methoxy groups -OCH3 is 1. The zero-order valence-electron chi connectivity index (χ0n) is 13.9. The minimum absolute atomic E-state index is 0.0511. The molecule has 25 heavy (non-hydrogen) atoms. The predicted octanol–water partition coefficient (Wildman–Crippen LogP) is 3.25. The van der Waals surface area contributed by atoms with Crippen LogP contribution >= 0.6 is 0 Å². The zero-order valence-corrected chi connectivity index (χ0v) is 13.9. The third-order valence-corrected chi connectivity index (χ3v) is 4.18. The summed E-state index contributed by atoms with van der Waals surface area (Å²) in [5, 5.41) is 6.83. The molecule has 1 amide bonds. The van der Waals surface area contributed by atoms with Gasteiger partial charge in [0.2, 0.25) is 0 Å². The first-order valence-corrected chi connectivity index (χ1v) is 7.86. The maximum Gasteiger partial charge on any atom is 0.420 e. The van der Waals surface area contributed by atoms with Gasteiger partial charge in [0.25, 0.3) is 5.91 Å². The number of nitrogens with one attached hydrogen (secondary N) is 1. The molecule has 3 rings (SSSR count). The number of carbonyl (C=O) groups is 1. The van der Waals surface area contributed by atoms with Gasteiger partial charge in [-0.1, -0.05) is 12.1 Å². The molecule has 1 aliphatic carbocycles. The first-order valence-electron chi connectivity index (χ1n) is 7.86. The van der Waals surface area contributed by atoms with Gasteiger partial charge in [-0.2, -0.15) is 18.3 Å². The maximum atomic E-state index is 13.3. The molecule has 0 bridgehead atoms. The van der Waals surface area contributed by atoms with Crippen LogP contribution in [-0.4, -0.2) is 22.8 Å². The second kappa shape index (κ2) is 6.42. The Labute approximate surface area is 142 Å². The lowest BCUT2D eigenvalue weighted by Gasteiger charge is -2.16. The number of rotatable bonds is 5. The molecule has 5 nitrogen and oxygen atoms in total. The van der Waals surface area contributed by atoms with E-state index in [4.69, 9.17) is 4.74 Å². The summed E-state index contributed by atoms with van der Waals surface area (Å²) in [4.78, 5) is 12.3. The molecule has 1 saturated carbocycles. The molecule has 0 radical (unpaired) electrons. The fourth-order valence-corrected chi connectivity index (χ4v) is 2.76. The highest BCUT2D eigenvalue weighted by molar-refractivity contribution is 5.92. The monoisotopic (exact) mass is 353 g/mol. The van der Waals surface area contributed by atoms with Gasteiger partial charge in [-0.3, -0.25) is 9.48 Å². The summed E-state index contributed by atoms with van der Waals surface area (Å²) >= 11 is 0. The van der Waals surface area contributed by atoms with Crippen LogP contribution in [0.3, 0.4) is 0 Å². The molecule has 0 unspecified atom stereocenters. The van der Waals surface area contributed by atoms with Gasteiger partial charge in [-0.25, -0.2) is 0 Å². The molecule has 1 aliphatic rings. The lowest BCUT2D eigenvalue weighted by atomic mass is 10.1. The van der Waals surface area contributed by atoms with E-state index < -0.39 is 17.6 Å². The van der Waals surface area contributed by atoms with Crippen molar-refractivity contribution in [3.05, 3.63) is 46.8 Å². The number of hydrogen-bond acceptors (Lipinski definition) is 3. The van der Waals surface area contributed by atoms with Crippen molar-refractivity contribution in [2.75, 3.05) is 7.11 Å². The summed E-state index contributed by atoms with van der Waals surface area (Å²) in [5.74, 6) is -0.336. The van der Waals surface area contributed by atoms with Crippen molar-refractivity contribution in [3.8, 4) is 5.75 Å². The Balaban J connectivity index is 1.78. The van der Waals surface area contributed by atoms with E-state index in [0.717, 1.165) is 18.5 Å². The van der Waals surface area contributed by atoms with E-state index in [1.807, 2.05) is 0 Å². The van der Waals surface area contributed by atoms with Crippen LogP contribution in [0.4, 0.5) is 13.2 Å². The molecule has 1 fully saturated rings. The molecule has 1 heterocycles. The average molecular weight is 353 g/mol. The topological polar surface area (TPSA) is 56.1 Å². The summed E-state index contributed by atoms with van der Waals surface area (Å²) in [6, 6.07) is 5.73. The van der Waals surface area contributed by atoms with E-state index in [1.54, 1.807) is 13.1 Å². The van der Waals surface area contributed by atoms with Crippen LogP contribution < -0.4 is 10.1 Å². The molecule has 1 N–H and O–H groups in total. The number of amides is 1. The van der Waals surface area contributed by atoms with Crippen molar-refractivity contribution < 1.29 is 22.7 Å². The van der Waals surface area contributed by atoms with Crippen molar-refractivity contribution in [1.82, 2.24) is 15.1 Å². The second-order valence-corrected chi connectivity index (χ2v) is 6.03. The van der Waals surface area contributed by atoms with Gasteiger partial charge in [-0.15, -0.1) is 0 Å². The van der Waals surface area contributed by atoms with Crippen molar-refractivity contribution in [1.29, 1.82) is 0 Å². The Morgan fingerprint density at radius 1 is 1.40 bits per heavy atom. The number of benzene rings is 1. The van der Waals surface area contributed by atoms with Gasteiger partial charge in [0, 0.05) is 19.5 Å². The van der Waals surface area contributed by atoms with Gasteiger partial charge in [0.05, 0.1) is 12.8 Å². The van der Waals surface area contributed by atoms with Crippen LogP contribution in [0.25, 0.3) is 0 Å². The number of carbonyl (C=O) groups excluding carboxylic acids is 1. The molecule has 0 aliphatic heterocycles. The number of halogens is 3. The molecular formula is C17H18F3N3O2. The first-order chi connectivity index (χ1) is 11.8. The van der Waals surface area contributed by atoms with Crippen LogP contribution in [0.5, 0.6) is 5.75 Å². The molecule has 1 aromatic carbocycles. The number of alkyl halides is 3.